The minimum Gasteiger partial charge on any atom is -0.454 e. The van der Waals surface area contributed by atoms with Crippen LogP contribution in [-0.4, -0.2) is 10.0 Å². The molecule has 110 valence electrons. The average molecular weight is 291 g/mol. The normalized spacial score (nSPS) is 12.0. The van der Waals surface area contributed by atoms with Crippen molar-refractivity contribution in [3.05, 3.63) is 64.0 Å². The maximum Gasteiger partial charge on any atom is 0.272 e. The predicted molar refractivity (Wildman–Crippen MR) is 74.8 cm³/mol. The average Bonchev–Trinajstić information content (AvgIpc) is 2.49. The van der Waals surface area contributed by atoms with Gasteiger partial charge in [0.1, 0.15) is 5.75 Å². The smallest absolute Gasteiger partial charge is 0.272 e. The lowest BCUT2D eigenvalue weighted by Gasteiger charge is -2.10. The van der Waals surface area contributed by atoms with Gasteiger partial charge >= 0.3 is 0 Å². The van der Waals surface area contributed by atoms with Gasteiger partial charge in [0, 0.05) is 6.07 Å². The van der Waals surface area contributed by atoms with E-state index in [1.807, 2.05) is 6.92 Å². The van der Waals surface area contributed by atoms with Gasteiger partial charge in [0.2, 0.25) is 0 Å². The molecule has 1 N–H and O–H groups in total. The fraction of sp³-hybridized carbons (Fsp3) is 0.200. The minimum atomic E-state index is -0.804. The summed E-state index contributed by atoms with van der Waals surface area (Å²) in [4.78, 5) is 9.85. The zero-order valence-corrected chi connectivity index (χ0v) is 11.3. The van der Waals surface area contributed by atoms with E-state index in [0.29, 0.717) is 12.2 Å². The van der Waals surface area contributed by atoms with Crippen LogP contribution in [-0.2, 0) is 0 Å². The summed E-state index contributed by atoms with van der Waals surface area (Å²) in [5.41, 5.74) is 0.412. The lowest BCUT2D eigenvalue weighted by Crippen LogP contribution is -1.95. The number of aliphatic hydroxyl groups is 1. The summed E-state index contributed by atoms with van der Waals surface area (Å²) >= 11 is 0. The zero-order chi connectivity index (χ0) is 15.4. The van der Waals surface area contributed by atoms with Crippen molar-refractivity contribution >= 4 is 5.69 Å². The fourth-order valence-electron chi connectivity index (χ4n) is 1.81. The van der Waals surface area contributed by atoms with Crippen LogP contribution >= 0.6 is 0 Å². The van der Waals surface area contributed by atoms with Crippen LogP contribution in [0.3, 0.4) is 0 Å². The Hall–Kier alpha value is -2.47. The molecule has 1 atom stereocenters. The maximum atomic E-state index is 13.7. The van der Waals surface area contributed by atoms with Crippen molar-refractivity contribution in [3.63, 3.8) is 0 Å². The second-order valence-corrected chi connectivity index (χ2v) is 4.47. The first kappa shape index (κ1) is 14.9. The Morgan fingerprint density at radius 2 is 1.95 bits per heavy atom. The largest absolute Gasteiger partial charge is 0.454 e. The molecule has 2 rings (SSSR count). The molecular formula is C15H14FNO4. The van der Waals surface area contributed by atoms with Crippen molar-refractivity contribution < 1.29 is 19.2 Å². The number of benzene rings is 2. The lowest BCUT2D eigenvalue weighted by atomic mass is 10.1. The highest BCUT2D eigenvalue weighted by atomic mass is 19.1. The summed E-state index contributed by atoms with van der Waals surface area (Å²) in [6, 6.07) is 9.78. The van der Waals surface area contributed by atoms with E-state index < -0.39 is 16.8 Å². The Morgan fingerprint density at radius 1 is 1.29 bits per heavy atom. The standard InChI is InChI=1S/C15H14FNO4/c1-2-14(18)10-3-6-12(7-4-10)21-15-8-5-11(17(19)20)9-13(15)16/h3-9,14,18H,2H2,1H3/t14-/m1/s1. The quantitative estimate of drug-likeness (QED) is 0.668. The number of rotatable bonds is 5. The Labute approximate surface area is 120 Å². The molecular weight excluding hydrogens is 277 g/mol. The van der Waals surface area contributed by atoms with Crippen molar-refractivity contribution in [3.8, 4) is 11.5 Å². The molecule has 0 fully saturated rings. The van der Waals surface area contributed by atoms with Gasteiger partial charge in [-0.2, -0.15) is 0 Å². The van der Waals surface area contributed by atoms with Crippen molar-refractivity contribution in [2.75, 3.05) is 0 Å². The third kappa shape index (κ3) is 3.55. The number of ether oxygens (including phenoxy) is 1. The van der Waals surface area contributed by atoms with Gasteiger partial charge in [0.25, 0.3) is 5.69 Å². The number of aliphatic hydroxyl groups excluding tert-OH is 1. The van der Waals surface area contributed by atoms with E-state index in [0.717, 1.165) is 11.6 Å². The second kappa shape index (κ2) is 6.32. The molecule has 0 aliphatic rings. The summed E-state index contributed by atoms with van der Waals surface area (Å²) in [6.45, 7) is 1.86. The van der Waals surface area contributed by atoms with Gasteiger partial charge < -0.3 is 9.84 Å². The van der Waals surface area contributed by atoms with Crippen LogP contribution < -0.4 is 4.74 Å². The first-order valence-electron chi connectivity index (χ1n) is 6.41. The number of nitro benzene ring substituents is 1. The molecule has 0 saturated carbocycles. The van der Waals surface area contributed by atoms with Crippen LogP contribution in [0.5, 0.6) is 11.5 Å². The molecule has 6 heteroatoms. The first-order chi connectivity index (χ1) is 10.0. The summed E-state index contributed by atoms with van der Waals surface area (Å²) < 4.78 is 19.0. The molecule has 0 heterocycles. The van der Waals surface area contributed by atoms with E-state index in [9.17, 15) is 19.6 Å². The van der Waals surface area contributed by atoms with Crippen molar-refractivity contribution in [1.29, 1.82) is 0 Å². The third-order valence-electron chi connectivity index (χ3n) is 3.01. The van der Waals surface area contributed by atoms with Gasteiger partial charge in [0.15, 0.2) is 11.6 Å². The second-order valence-electron chi connectivity index (χ2n) is 4.47. The SMILES string of the molecule is CC[C@@H](O)c1ccc(Oc2ccc([N+](=O)[O-])cc2F)cc1. The van der Waals surface area contributed by atoms with Crippen LogP contribution in [0.2, 0.25) is 0 Å². The van der Waals surface area contributed by atoms with Crippen LogP contribution in [0.4, 0.5) is 10.1 Å². The van der Waals surface area contributed by atoms with Crippen LogP contribution in [0.1, 0.15) is 25.0 Å². The molecule has 0 saturated heterocycles. The van der Waals surface area contributed by atoms with E-state index >= 15 is 0 Å². The van der Waals surface area contributed by atoms with Crippen molar-refractivity contribution in [1.82, 2.24) is 0 Å². The molecule has 0 amide bonds. The van der Waals surface area contributed by atoms with E-state index in [4.69, 9.17) is 4.74 Å². The van der Waals surface area contributed by atoms with Crippen molar-refractivity contribution in [2.45, 2.75) is 19.4 Å². The molecule has 2 aromatic carbocycles. The molecule has 0 spiro atoms. The van der Waals surface area contributed by atoms with Crippen molar-refractivity contribution in [2.24, 2.45) is 0 Å². The highest BCUT2D eigenvalue weighted by Crippen LogP contribution is 2.28. The van der Waals surface area contributed by atoms with E-state index in [2.05, 4.69) is 0 Å². The highest BCUT2D eigenvalue weighted by Gasteiger charge is 2.12. The number of hydrogen-bond acceptors (Lipinski definition) is 4. The summed E-state index contributed by atoms with van der Waals surface area (Å²) in [5, 5.41) is 20.2. The number of nitro groups is 1. The number of hydrogen-bond donors (Lipinski definition) is 1. The fourth-order valence-corrected chi connectivity index (χ4v) is 1.81. The Balaban J connectivity index is 2.16. The number of non-ortho nitro benzene ring substituents is 1. The molecule has 0 bridgehead atoms. The predicted octanol–water partition coefficient (Wildman–Crippen LogP) is 3.97. The molecule has 21 heavy (non-hydrogen) atoms. The lowest BCUT2D eigenvalue weighted by molar-refractivity contribution is -0.385. The molecule has 0 aromatic heterocycles. The summed E-state index contributed by atoms with van der Waals surface area (Å²) in [5.74, 6) is -0.513. The first-order valence-corrected chi connectivity index (χ1v) is 6.41. The maximum absolute atomic E-state index is 13.7. The van der Waals surface area contributed by atoms with Gasteiger partial charge in [-0.15, -0.1) is 0 Å². The molecule has 5 nitrogen and oxygen atoms in total. The molecule has 0 aliphatic carbocycles. The van der Waals surface area contributed by atoms with Crippen LogP contribution in [0.25, 0.3) is 0 Å². The van der Waals surface area contributed by atoms with Gasteiger partial charge in [-0.25, -0.2) is 4.39 Å². The minimum absolute atomic E-state index is 0.0932. The van der Waals surface area contributed by atoms with Gasteiger partial charge in [-0.3, -0.25) is 10.1 Å². The molecule has 0 radical (unpaired) electrons. The Kier molecular flexibility index (Phi) is 4.49. The highest BCUT2D eigenvalue weighted by molar-refractivity contribution is 5.40. The number of halogens is 1. The van der Waals surface area contributed by atoms with Gasteiger partial charge in [-0.1, -0.05) is 19.1 Å². The zero-order valence-electron chi connectivity index (χ0n) is 11.3. The topological polar surface area (TPSA) is 72.6 Å². The molecule has 0 aliphatic heterocycles. The Morgan fingerprint density at radius 3 is 2.48 bits per heavy atom. The van der Waals surface area contributed by atoms with Crippen LogP contribution in [0.15, 0.2) is 42.5 Å². The summed E-state index contributed by atoms with van der Waals surface area (Å²) in [7, 11) is 0. The monoisotopic (exact) mass is 291 g/mol. The molecule has 0 unspecified atom stereocenters. The van der Waals surface area contributed by atoms with Gasteiger partial charge in [-0.05, 0) is 30.2 Å². The third-order valence-corrected chi connectivity index (χ3v) is 3.01. The number of nitrogens with zero attached hydrogens (tertiary/aromatic N) is 1. The Bertz CT molecular complexity index is 643. The van der Waals surface area contributed by atoms with E-state index in [-0.39, 0.29) is 11.4 Å². The van der Waals surface area contributed by atoms with E-state index in [1.54, 1.807) is 24.3 Å². The summed E-state index contributed by atoms with van der Waals surface area (Å²) in [6.07, 6.45) is 0.0483. The van der Waals surface area contributed by atoms with Crippen LogP contribution in [0, 0.1) is 15.9 Å². The molecule has 2 aromatic rings. The van der Waals surface area contributed by atoms with Gasteiger partial charge in [0.05, 0.1) is 17.1 Å². The van der Waals surface area contributed by atoms with E-state index in [1.165, 1.54) is 12.1 Å².